The number of rotatable bonds is 11. The molecule has 178 valence electrons. The van der Waals surface area contributed by atoms with E-state index in [9.17, 15) is 18.0 Å². The number of para-hydroxylation sites is 1. The van der Waals surface area contributed by atoms with Gasteiger partial charge in [0, 0.05) is 24.8 Å². The van der Waals surface area contributed by atoms with E-state index in [4.69, 9.17) is 8.92 Å². The Morgan fingerprint density at radius 1 is 0.912 bits per heavy atom. The minimum absolute atomic E-state index is 0.0159. The maximum absolute atomic E-state index is 12.6. The maximum atomic E-state index is 12.6. The summed E-state index contributed by atoms with van der Waals surface area (Å²) < 4.78 is 35.3. The van der Waals surface area contributed by atoms with Gasteiger partial charge >= 0.3 is 10.1 Å². The highest BCUT2D eigenvalue weighted by Crippen LogP contribution is 2.20. The standard InChI is InChI=1S/C26H27NO6S/c1-19(28)18-24(32-2)15-10-20-8-11-21(12-9-20)26(29)27-22-13-16-25(17-14-22)34(30,31)33-23-6-4-3-5-7-23/h3-9,11-14,16-17,24H,10,15,18H2,1-2H3,(H,27,29). The predicted molar refractivity (Wildman–Crippen MR) is 130 cm³/mol. The van der Waals surface area contributed by atoms with Crippen LogP contribution in [0.2, 0.25) is 0 Å². The lowest BCUT2D eigenvalue weighted by Crippen LogP contribution is -2.15. The number of amides is 1. The van der Waals surface area contributed by atoms with Crippen molar-refractivity contribution in [2.75, 3.05) is 12.4 Å². The summed E-state index contributed by atoms with van der Waals surface area (Å²) in [5.74, 6) is 0.00202. The number of benzene rings is 3. The lowest BCUT2D eigenvalue weighted by atomic mass is 10.0. The number of aryl methyl sites for hydroxylation is 1. The Hall–Kier alpha value is -3.49. The zero-order valence-corrected chi connectivity index (χ0v) is 19.9. The molecule has 3 aromatic rings. The summed E-state index contributed by atoms with van der Waals surface area (Å²) in [5.41, 5.74) is 1.97. The highest BCUT2D eigenvalue weighted by Gasteiger charge is 2.17. The fraction of sp³-hybridized carbons (Fsp3) is 0.231. The zero-order chi connectivity index (χ0) is 24.6. The first-order valence-electron chi connectivity index (χ1n) is 10.8. The van der Waals surface area contributed by atoms with Crippen LogP contribution in [0.4, 0.5) is 5.69 Å². The van der Waals surface area contributed by atoms with Crippen molar-refractivity contribution in [2.24, 2.45) is 0 Å². The van der Waals surface area contributed by atoms with Crippen molar-refractivity contribution in [2.45, 2.75) is 37.2 Å². The number of hydrogen-bond donors (Lipinski definition) is 1. The third-order valence-corrected chi connectivity index (χ3v) is 6.43. The molecule has 0 fully saturated rings. The van der Waals surface area contributed by atoms with Crippen molar-refractivity contribution in [3.8, 4) is 5.75 Å². The first-order valence-corrected chi connectivity index (χ1v) is 12.2. The van der Waals surface area contributed by atoms with Crippen LogP contribution >= 0.6 is 0 Å². The second kappa shape index (κ2) is 11.6. The molecule has 0 aliphatic heterocycles. The third-order valence-electron chi connectivity index (χ3n) is 5.17. The normalized spacial score (nSPS) is 12.1. The van der Waals surface area contributed by atoms with E-state index in [2.05, 4.69) is 5.32 Å². The summed E-state index contributed by atoms with van der Waals surface area (Å²) in [7, 11) is -2.38. The van der Waals surface area contributed by atoms with Gasteiger partial charge in [0.25, 0.3) is 5.91 Å². The molecule has 7 nitrogen and oxygen atoms in total. The first kappa shape index (κ1) is 25.1. The molecule has 0 spiro atoms. The maximum Gasteiger partial charge on any atom is 0.339 e. The topological polar surface area (TPSA) is 98.8 Å². The second-order valence-electron chi connectivity index (χ2n) is 7.83. The van der Waals surface area contributed by atoms with Crippen LogP contribution in [0.15, 0.2) is 83.8 Å². The quantitative estimate of drug-likeness (QED) is 0.401. The van der Waals surface area contributed by atoms with Crippen molar-refractivity contribution in [1.82, 2.24) is 0 Å². The van der Waals surface area contributed by atoms with Crippen molar-refractivity contribution in [3.63, 3.8) is 0 Å². The van der Waals surface area contributed by atoms with Gasteiger partial charge in [0.15, 0.2) is 0 Å². The van der Waals surface area contributed by atoms with E-state index in [-0.39, 0.29) is 28.4 Å². The second-order valence-corrected chi connectivity index (χ2v) is 9.37. The number of hydrogen-bond acceptors (Lipinski definition) is 6. The van der Waals surface area contributed by atoms with Crippen LogP contribution in [-0.2, 0) is 26.1 Å². The summed E-state index contributed by atoms with van der Waals surface area (Å²) in [6.07, 6.45) is 1.71. The molecule has 0 aliphatic carbocycles. The van der Waals surface area contributed by atoms with Gasteiger partial charge in [-0.3, -0.25) is 9.59 Å². The lowest BCUT2D eigenvalue weighted by Gasteiger charge is -2.13. The Morgan fingerprint density at radius 2 is 1.56 bits per heavy atom. The van der Waals surface area contributed by atoms with E-state index in [1.807, 2.05) is 12.1 Å². The van der Waals surface area contributed by atoms with Gasteiger partial charge in [0.1, 0.15) is 16.4 Å². The van der Waals surface area contributed by atoms with Gasteiger partial charge in [-0.05, 0) is 73.9 Å². The molecule has 0 saturated heterocycles. The van der Waals surface area contributed by atoms with E-state index in [0.29, 0.717) is 24.1 Å². The van der Waals surface area contributed by atoms with Gasteiger partial charge in [0.2, 0.25) is 0 Å². The summed E-state index contributed by atoms with van der Waals surface area (Å²) >= 11 is 0. The third kappa shape index (κ3) is 7.26. The molecule has 34 heavy (non-hydrogen) atoms. The minimum Gasteiger partial charge on any atom is -0.381 e. The Morgan fingerprint density at radius 3 is 2.15 bits per heavy atom. The Kier molecular flexibility index (Phi) is 8.56. The highest BCUT2D eigenvalue weighted by atomic mass is 32.2. The Balaban J connectivity index is 1.57. The molecule has 8 heteroatoms. The number of ether oxygens (including phenoxy) is 1. The van der Waals surface area contributed by atoms with Crippen molar-refractivity contribution >= 4 is 27.5 Å². The van der Waals surface area contributed by atoms with Gasteiger partial charge in [-0.1, -0.05) is 30.3 Å². The Bertz CT molecular complexity index is 1210. The number of Topliss-reactive ketones (excluding diaryl/α,β-unsaturated/α-hetero) is 1. The number of carbonyl (C=O) groups excluding carboxylic acids is 2. The van der Waals surface area contributed by atoms with Gasteiger partial charge in [-0.15, -0.1) is 0 Å². The summed E-state index contributed by atoms with van der Waals surface area (Å²) in [5, 5.41) is 2.75. The van der Waals surface area contributed by atoms with Gasteiger partial charge in [-0.25, -0.2) is 0 Å². The summed E-state index contributed by atoms with van der Waals surface area (Å²) in [6.45, 7) is 1.55. The van der Waals surface area contributed by atoms with Crippen LogP contribution in [0.5, 0.6) is 5.75 Å². The number of anilines is 1. The largest absolute Gasteiger partial charge is 0.381 e. The van der Waals surface area contributed by atoms with E-state index in [1.165, 1.54) is 24.3 Å². The molecule has 1 amide bonds. The average molecular weight is 482 g/mol. The fourth-order valence-electron chi connectivity index (χ4n) is 3.33. The zero-order valence-electron chi connectivity index (χ0n) is 19.1. The number of methoxy groups -OCH3 is 1. The molecule has 1 unspecified atom stereocenters. The summed E-state index contributed by atoms with van der Waals surface area (Å²) in [6, 6.07) is 21.2. The van der Waals surface area contributed by atoms with Crippen LogP contribution in [0, 0.1) is 0 Å². The van der Waals surface area contributed by atoms with Crippen molar-refractivity contribution < 1.29 is 26.9 Å². The van der Waals surface area contributed by atoms with Crippen LogP contribution in [0.1, 0.15) is 35.7 Å². The highest BCUT2D eigenvalue weighted by molar-refractivity contribution is 7.87. The van der Waals surface area contributed by atoms with Crippen molar-refractivity contribution in [3.05, 3.63) is 90.0 Å². The fourth-order valence-corrected chi connectivity index (χ4v) is 4.26. The average Bonchev–Trinajstić information content (AvgIpc) is 2.82. The van der Waals surface area contributed by atoms with E-state index in [0.717, 1.165) is 12.0 Å². The molecule has 0 saturated carbocycles. The summed E-state index contributed by atoms with van der Waals surface area (Å²) in [4.78, 5) is 23.8. The lowest BCUT2D eigenvalue weighted by molar-refractivity contribution is -0.119. The van der Waals surface area contributed by atoms with E-state index in [1.54, 1.807) is 56.5 Å². The van der Waals surface area contributed by atoms with Gasteiger partial charge < -0.3 is 14.2 Å². The molecule has 3 rings (SSSR count). The SMILES string of the molecule is COC(CCc1ccc(C(=O)Nc2ccc(S(=O)(=O)Oc3ccccc3)cc2)cc1)CC(C)=O. The monoisotopic (exact) mass is 481 g/mol. The van der Waals surface area contributed by atoms with Gasteiger partial charge in [-0.2, -0.15) is 8.42 Å². The van der Waals surface area contributed by atoms with Crippen molar-refractivity contribution in [1.29, 1.82) is 0 Å². The molecule has 1 N–H and O–H groups in total. The molecule has 0 heterocycles. The van der Waals surface area contributed by atoms with E-state index >= 15 is 0 Å². The van der Waals surface area contributed by atoms with Crippen LogP contribution in [0.3, 0.4) is 0 Å². The smallest absolute Gasteiger partial charge is 0.339 e. The molecule has 0 aliphatic rings. The van der Waals surface area contributed by atoms with Crippen LogP contribution < -0.4 is 9.50 Å². The molecule has 1 atom stereocenters. The minimum atomic E-state index is -3.98. The number of ketones is 1. The predicted octanol–water partition coefficient (Wildman–Crippen LogP) is 4.63. The Labute approximate surface area is 199 Å². The first-order chi connectivity index (χ1) is 16.3. The molecule has 0 bridgehead atoms. The van der Waals surface area contributed by atoms with Crippen LogP contribution in [-0.4, -0.2) is 33.3 Å². The molecule has 3 aromatic carbocycles. The molecular weight excluding hydrogens is 454 g/mol. The van der Waals surface area contributed by atoms with Gasteiger partial charge in [0.05, 0.1) is 6.10 Å². The molecule has 0 radical (unpaired) electrons. The molecular formula is C26H27NO6S. The van der Waals surface area contributed by atoms with Crippen LogP contribution in [0.25, 0.3) is 0 Å². The number of nitrogens with one attached hydrogen (secondary N) is 1. The number of carbonyl (C=O) groups is 2. The van der Waals surface area contributed by atoms with E-state index < -0.39 is 10.1 Å². The molecule has 0 aromatic heterocycles.